The molecule has 0 aliphatic rings. The number of nitrogens with zero attached hydrogens (tertiary/aromatic N) is 4. The highest BCUT2D eigenvalue weighted by molar-refractivity contribution is 5.72. The molecule has 8 heteroatoms. The summed E-state index contributed by atoms with van der Waals surface area (Å²) < 4.78 is 0. The van der Waals surface area contributed by atoms with Gasteiger partial charge in [-0.1, -0.05) is 0 Å². The fourth-order valence-corrected chi connectivity index (χ4v) is 2.32. The first kappa shape index (κ1) is 17.3. The Morgan fingerprint density at radius 2 is 1.88 bits per heavy atom. The van der Waals surface area contributed by atoms with Crippen molar-refractivity contribution in [2.24, 2.45) is 0 Å². The van der Waals surface area contributed by atoms with Crippen molar-refractivity contribution in [3.8, 4) is 11.3 Å². The van der Waals surface area contributed by atoms with Crippen LogP contribution in [0, 0.1) is 0 Å². The lowest BCUT2D eigenvalue weighted by Gasteiger charge is -2.10. The van der Waals surface area contributed by atoms with Gasteiger partial charge in [-0.05, 0) is 36.2 Å². The van der Waals surface area contributed by atoms with Crippen LogP contribution in [-0.2, 0) is 11.2 Å². The van der Waals surface area contributed by atoms with Crippen LogP contribution >= 0.6 is 0 Å². The van der Waals surface area contributed by atoms with Gasteiger partial charge in [0, 0.05) is 43.0 Å². The largest absolute Gasteiger partial charge is 0.480 e. The van der Waals surface area contributed by atoms with Crippen molar-refractivity contribution in [3.63, 3.8) is 0 Å². The molecule has 0 fully saturated rings. The van der Waals surface area contributed by atoms with Gasteiger partial charge in [0.05, 0.1) is 5.69 Å². The van der Waals surface area contributed by atoms with Crippen LogP contribution in [0.4, 0.5) is 11.8 Å². The third kappa shape index (κ3) is 4.97. The van der Waals surface area contributed by atoms with Gasteiger partial charge in [0.15, 0.2) is 0 Å². The Labute approximate surface area is 150 Å². The van der Waals surface area contributed by atoms with Crippen LogP contribution in [0.15, 0.2) is 55.1 Å². The van der Waals surface area contributed by atoms with E-state index >= 15 is 0 Å². The number of carboxylic acid groups (broad SMARTS) is 1. The lowest BCUT2D eigenvalue weighted by atomic mass is 10.2. The van der Waals surface area contributed by atoms with Gasteiger partial charge in [0.2, 0.25) is 5.95 Å². The molecule has 0 aromatic carbocycles. The molecule has 0 saturated carbocycles. The summed E-state index contributed by atoms with van der Waals surface area (Å²) >= 11 is 0. The summed E-state index contributed by atoms with van der Waals surface area (Å²) in [6.07, 6.45) is 7.71. The van der Waals surface area contributed by atoms with Crippen LogP contribution in [0.25, 0.3) is 11.3 Å². The van der Waals surface area contributed by atoms with Crippen LogP contribution in [0.2, 0.25) is 0 Å². The van der Waals surface area contributed by atoms with Gasteiger partial charge in [0.1, 0.15) is 12.4 Å². The van der Waals surface area contributed by atoms with E-state index in [4.69, 9.17) is 5.11 Å². The summed E-state index contributed by atoms with van der Waals surface area (Å²) in [4.78, 5) is 27.6. The molecule has 0 saturated heterocycles. The number of rotatable bonds is 8. The van der Waals surface area contributed by atoms with E-state index in [2.05, 4.69) is 30.6 Å². The van der Waals surface area contributed by atoms with Gasteiger partial charge in [-0.2, -0.15) is 4.98 Å². The third-order valence-corrected chi connectivity index (χ3v) is 3.55. The molecule has 0 bridgehead atoms. The van der Waals surface area contributed by atoms with Gasteiger partial charge in [-0.25, -0.2) is 4.98 Å². The second-order valence-corrected chi connectivity index (χ2v) is 5.48. The maximum absolute atomic E-state index is 10.8. The number of carboxylic acids is 1. The van der Waals surface area contributed by atoms with E-state index in [0.717, 1.165) is 12.0 Å². The van der Waals surface area contributed by atoms with E-state index < -0.39 is 5.97 Å². The number of aliphatic carboxylic acids is 1. The molecule has 0 unspecified atom stereocenters. The van der Waals surface area contributed by atoms with Crippen molar-refractivity contribution in [2.45, 2.75) is 6.42 Å². The first-order chi connectivity index (χ1) is 12.7. The Hall–Kier alpha value is -3.55. The van der Waals surface area contributed by atoms with E-state index in [9.17, 15) is 4.79 Å². The minimum atomic E-state index is -0.979. The number of nitrogens with one attached hydrogen (secondary N) is 2. The van der Waals surface area contributed by atoms with Crippen LogP contribution in [0.3, 0.4) is 0 Å². The summed E-state index contributed by atoms with van der Waals surface area (Å²) in [5.41, 5.74) is 2.65. The molecule has 3 N–H and O–H groups in total. The number of pyridine rings is 2. The number of anilines is 2. The zero-order chi connectivity index (χ0) is 18.2. The number of hydrogen-bond acceptors (Lipinski definition) is 7. The number of hydrogen-bond donors (Lipinski definition) is 3. The Kier molecular flexibility index (Phi) is 5.66. The molecule has 3 aromatic rings. The third-order valence-electron chi connectivity index (χ3n) is 3.55. The van der Waals surface area contributed by atoms with Gasteiger partial charge in [-0.15, -0.1) is 0 Å². The SMILES string of the molecule is O=C(O)CNc1nc(NCCc2ccncc2)cc(-c2cccnc2)n1. The number of carbonyl (C=O) groups is 1. The Balaban J connectivity index is 1.76. The molecule has 0 atom stereocenters. The minimum absolute atomic E-state index is 0.250. The highest BCUT2D eigenvalue weighted by Crippen LogP contribution is 2.20. The first-order valence-electron chi connectivity index (χ1n) is 8.08. The quantitative estimate of drug-likeness (QED) is 0.566. The molecule has 8 nitrogen and oxygen atoms in total. The van der Waals surface area contributed by atoms with E-state index in [0.29, 0.717) is 18.1 Å². The summed E-state index contributed by atoms with van der Waals surface area (Å²) in [6.45, 7) is 0.416. The molecule has 3 rings (SSSR count). The van der Waals surface area contributed by atoms with Gasteiger partial charge < -0.3 is 15.7 Å². The van der Waals surface area contributed by atoms with Crippen molar-refractivity contribution in [2.75, 3.05) is 23.7 Å². The Morgan fingerprint density at radius 1 is 1.04 bits per heavy atom. The van der Waals surface area contributed by atoms with Gasteiger partial charge >= 0.3 is 5.97 Å². The number of aromatic nitrogens is 4. The molecule has 26 heavy (non-hydrogen) atoms. The van der Waals surface area contributed by atoms with E-state index in [-0.39, 0.29) is 12.5 Å². The molecule has 0 spiro atoms. The van der Waals surface area contributed by atoms with Crippen LogP contribution in [-0.4, -0.2) is 44.1 Å². The second kappa shape index (κ2) is 8.52. The van der Waals surface area contributed by atoms with Crippen LogP contribution in [0.1, 0.15) is 5.56 Å². The smallest absolute Gasteiger partial charge is 0.322 e. The van der Waals surface area contributed by atoms with Crippen molar-refractivity contribution >= 4 is 17.7 Å². The lowest BCUT2D eigenvalue weighted by Crippen LogP contribution is -2.15. The predicted molar refractivity (Wildman–Crippen MR) is 97.8 cm³/mol. The molecule has 3 aromatic heterocycles. The zero-order valence-electron chi connectivity index (χ0n) is 14.0. The van der Waals surface area contributed by atoms with E-state index in [1.807, 2.05) is 30.3 Å². The van der Waals surface area contributed by atoms with Crippen molar-refractivity contribution in [1.82, 2.24) is 19.9 Å². The molecule has 132 valence electrons. The van der Waals surface area contributed by atoms with Crippen LogP contribution in [0.5, 0.6) is 0 Å². The topological polar surface area (TPSA) is 113 Å². The normalized spacial score (nSPS) is 10.3. The summed E-state index contributed by atoms with van der Waals surface area (Å²) in [5, 5.41) is 14.8. The van der Waals surface area contributed by atoms with E-state index in [1.165, 1.54) is 5.56 Å². The molecular weight excluding hydrogens is 332 g/mol. The summed E-state index contributed by atoms with van der Waals surface area (Å²) in [5.74, 6) is -0.117. The standard InChI is InChI=1S/C18H18N6O2/c25-17(26)12-22-18-23-15(14-2-1-6-20-11-14)10-16(24-18)21-9-5-13-3-7-19-8-4-13/h1-4,6-8,10-11H,5,9,12H2,(H,25,26)(H2,21,22,23,24). The van der Waals surface area contributed by atoms with Crippen molar-refractivity contribution < 1.29 is 9.90 Å². The molecule has 0 amide bonds. The maximum atomic E-state index is 10.8. The van der Waals surface area contributed by atoms with Gasteiger partial charge in [0.25, 0.3) is 0 Å². The average molecular weight is 350 g/mol. The fourth-order valence-electron chi connectivity index (χ4n) is 2.32. The highest BCUT2D eigenvalue weighted by Gasteiger charge is 2.08. The molecule has 0 aliphatic heterocycles. The highest BCUT2D eigenvalue weighted by atomic mass is 16.4. The fraction of sp³-hybridized carbons (Fsp3) is 0.167. The first-order valence-corrected chi connectivity index (χ1v) is 8.08. The Morgan fingerprint density at radius 3 is 2.62 bits per heavy atom. The Bertz CT molecular complexity index is 858. The maximum Gasteiger partial charge on any atom is 0.322 e. The molecular formula is C18H18N6O2. The summed E-state index contributed by atoms with van der Waals surface area (Å²) in [6, 6.07) is 9.44. The zero-order valence-corrected chi connectivity index (χ0v) is 14.0. The molecule has 0 radical (unpaired) electrons. The lowest BCUT2D eigenvalue weighted by molar-refractivity contribution is -0.134. The predicted octanol–water partition coefficient (Wildman–Crippen LogP) is 2.08. The minimum Gasteiger partial charge on any atom is -0.480 e. The second-order valence-electron chi connectivity index (χ2n) is 5.48. The molecule has 3 heterocycles. The van der Waals surface area contributed by atoms with E-state index in [1.54, 1.807) is 24.8 Å². The molecule has 0 aliphatic carbocycles. The van der Waals surface area contributed by atoms with Crippen molar-refractivity contribution in [3.05, 3.63) is 60.7 Å². The summed E-state index contributed by atoms with van der Waals surface area (Å²) in [7, 11) is 0. The monoisotopic (exact) mass is 350 g/mol. The van der Waals surface area contributed by atoms with Gasteiger partial charge in [-0.3, -0.25) is 14.8 Å². The van der Waals surface area contributed by atoms with Crippen LogP contribution < -0.4 is 10.6 Å². The van der Waals surface area contributed by atoms with Crippen molar-refractivity contribution in [1.29, 1.82) is 0 Å². The average Bonchev–Trinajstić information content (AvgIpc) is 2.68.